The SMILES string of the molecule is C/C=C/c1ccc(OCC(=O)OC(C)C(=O)c2ccc3c(c2)CCN3C(C)=O)c(OC)c1. The third kappa shape index (κ3) is 5.17. The van der Waals surface area contributed by atoms with Crippen LogP contribution in [0.1, 0.15) is 42.3 Å². The third-order valence-corrected chi connectivity index (χ3v) is 5.21. The number of rotatable bonds is 8. The number of benzene rings is 2. The van der Waals surface area contributed by atoms with E-state index in [1.807, 2.05) is 25.1 Å². The van der Waals surface area contributed by atoms with Crippen LogP contribution >= 0.6 is 0 Å². The van der Waals surface area contributed by atoms with Crippen LogP contribution in [0.15, 0.2) is 42.5 Å². The maximum absolute atomic E-state index is 12.7. The Labute approximate surface area is 187 Å². The van der Waals surface area contributed by atoms with E-state index in [2.05, 4.69) is 0 Å². The predicted molar refractivity (Wildman–Crippen MR) is 121 cm³/mol. The van der Waals surface area contributed by atoms with Gasteiger partial charge in [-0.05, 0) is 61.7 Å². The lowest BCUT2D eigenvalue weighted by molar-refractivity contribution is -0.148. The normalized spacial score (nSPS) is 13.6. The molecular weight excluding hydrogens is 410 g/mol. The monoisotopic (exact) mass is 437 g/mol. The highest BCUT2D eigenvalue weighted by Gasteiger charge is 2.25. The molecule has 0 aliphatic carbocycles. The van der Waals surface area contributed by atoms with Gasteiger partial charge in [-0.1, -0.05) is 18.2 Å². The van der Waals surface area contributed by atoms with Gasteiger partial charge in [-0.15, -0.1) is 0 Å². The summed E-state index contributed by atoms with van der Waals surface area (Å²) in [6.45, 7) is 5.21. The molecule has 0 saturated heterocycles. The molecule has 1 heterocycles. The van der Waals surface area contributed by atoms with Crippen molar-refractivity contribution in [2.75, 3.05) is 25.2 Å². The second-order valence-electron chi connectivity index (χ2n) is 7.46. The van der Waals surface area contributed by atoms with Crippen LogP contribution in [-0.2, 0) is 20.7 Å². The molecule has 0 fully saturated rings. The molecule has 0 saturated carbocycles. The minimum atomic E-state index is -0.964. The van der Waals surface area contributed by atoms with Crippen LogP contribution in [0.4, 0.5) is 5.69 Å². The van der Waals surface area contributed by atoms with Crippen LogP contribution in [-0.4, -0.2) is 44.0 Å². The first-order valence-electron chi connectivity index (χ1n) is 10.4. The molecule has 0 spiro atoms. The summed E-state index contributed by atoms with van der Waals surface area (Å²) < 4.78 is 16.1. The van der Waals surface area contributed by atoms with E-state index in [1.165, 1.54) is 21.0 Å². The zero-order valence-electron chi connectivity index (χ0n) is 18.7. The number of ether oxygens (including phenoxy) is 3. The molecule has 1 aliphatic rings. The van der Waals surface area contributed by atoms with E-state index in [1.54, 1.807) is 35.2 Å². The number of allylic oxidation sites excluding steroid dienone is 1. The Balaban J connectivity index is 1.59. The van der Waals surface area contributed by atoms with Crippen molar-refractivity contribution in [1.29, 1.82) is 0 Å². The van der Waals surface area contributed by atoms with Gasteiger partial charge in [-0.25, -0.2) is 4.79 Å². The lowest BCUT2D eigenvalue weighted by Crippen LogP contribution is -2.27. The third-order valence-electron chi connectivity index (χ3n) is 5.21. The lowest BCUT2D eigenvalue weighted by Gasteiger charge is -2.16. The van der Waals surface area contributed by atoms with E-state index >= 15 is 0 Å². The Morgan fingerprint density at radius 3 is 2.59 bits per heavy atom. The highest BCUT2D eigenvalue weighted by molar-refractivity contribution is 6.01. The van der Waals surface area contributed by atoms with Crippen molar-refractivity contribution < 1.29 is 28.6 Å². The van der Waals surface area contributed by atoms with Crippen molar-refractivity contribution in [3.8, 4) is 11.5 Å². The highest BCUT2D eigenvalue weighted by atomic mass is 16.6. The van der Waals surface area contributed by atoms with Gasteiger partial charge in [0.05, 0.1) is 7.11 Å². The fourth-order valence-corrected chi connectivity index (χ4v) is 3.64. The molecule has 32 heavy (non-hydrogen) atoms. The van der Waals surface area contributed by atoms with Crippen LogP contribution in [0, 0.1) is 0 Å². The maximum Gasteiger partial charge on any atom is 0.344 e. The van der Waals surface area contributed by atoms with Crippen molar-refractivity contribution >= 4 is 29.4 Å². The molecule has 2 aromatic rings. The maximum atomic E-state index is 12.7. The van der Waals surface area contributed by atoms with Gasteiger partial charge in [-0.2, -0.15) is 0 Å². The van der Waals surface area contributed by atoms with E-state index in [0.29, 0.717) is 30.0 Å². The Hall–Kier alpha value is -3.61. The summed E-state index contributed by atoms with van der Waals surface area (Å²) in [4.78, 5) is 38.4. The molecule has 3 rings (SSSR count). The van der Waals surface area contributed by atoms with Gasteiger partial charge in [0.2, 0.25) is 11.7 Å². The molecule has 168 valence electrons. The molecule has 0 radical (unpaired) electrons. The van der Waals surface area contributed by atoms with Crippen molar-refractivity contribution in [2.24, 2.45) is 0 Å². The molecule has 1 aliphatic heterocycles. The molecule has 7 nitrogen and oxygen atoms in total. The Bertz CT molecular complexity index is 1060. The lowest BCUT2D eigenvalue weighted by atomic mass is 10.0. The zero-order valence-corrected chi connectivity index (χ0v) is 18.7. The second kappa shape index (κ2) is 10.1. The van der Waals surface area contributed by atoms with Crippen molar-refractivity contribution in [3.05, 3.63) is 59.2 Å². The molecule has 7 heteroatoms. The van der Waals surface area contributed by atoms with Crippen molar-refractivity contribution in [3.63, 3.8) is 0 Å². The van der Waals surface area contributed by atoms with Crippen LogP contribution in [0.2, 0.25) is 0 Å². The fourth-order valence-electron chi connectivity index (χ4n) is 3.64. The van der Waals surface area contributed by atoms with Crippen molar-refractivity contribution in [2.45, 2.75) is 33.3 Å². The Kier molecular flexibility index (Phi) is 7.30. The van der Waals surface area contributed by atoms with E-state index < -0.39 is 12.1 Å². The van der Waals surface area contributed by atoms with E-state index in [-0.39, 0.29) is 18.3 Å². The summed E-state index contributed by atoms with van der Waals surface area (Å²) in [6.07, 6.45) is 3.55. The molecule has 1 amide bonds. The summed E-state index contributed by atoms with van der Waals surface area (Å²) in [7, 11) is 1.52. The highest BCUT2D eigenvalue weighted by Crippen LogP contribution is 2.30. The summed E-state index contributed by atoms with van der Waals surface area (Å²) >= 11 is 0. The average molecular weight is 437 g/mol. The van der Waals surface area contributed by atoms with Gasteiger partial charge < -0.3 is 19.1 Å². The van der Waals surface area contributed by atoms with Gasteiger partial charge in [0.15, 0.2) is 24.2 Å². The Morgan fingerprint density at radius 2 is 1.91 bits per heavy atom. The van der Waals surface area contributed by atoms with Gasteiger partial charge in [0.1, 0.15) is 0 Å². The minimum absolute atomic E-state index is 0.0294. The predicted octanol–water partition coefficient (Wildman–Crippen LogP) is 3.83. The largest absolute Gasteiger partial charge is 0.493 e. The average Bonchev–Trinajstić information content (AvgIpc) is 3.21. The first kappa shape index (κ1) is 23.1. The number of esters is 1. The van der Waals surface area contributed by atoms with Gasteiger partial charge in [0, 0.05) is 24.7 Å². The minimum Gasteiger partial charge on any atom is -0.493 e. The molecule has 0 N–H and O–H groups in total. The van der Waals surface area contributed by atoms with E-state index in [4.69, 9.17) is 14.2 Å². The number of amides is 1. The molecule has 0 bridgehead atoms. The first-order valence-corrected chi connectivity index (χ1v) is 10.4. The number of fused-ring (bicyclic) bond motifs is 1. The molecule has 1 unspecified atom stereocenters. The summed E-state index contributed by atoms with van der Waals surface area (Å²) in [6, 6.07) is 10.5. The number of anilines is 1. The van der Waals surface area contributed by atoms with Crippen LogP contribution < -0.4 is 14.4 Å². The number of hydrogen-bond acceptors (Lipinski definition) is 6. The number of ketones is 1. The van der Waals surface area contributed by atoms with Crippen molar-refractivity contribution in [1.82, 2.24) is 0 Å². The van der Waals surface area contributed by atoms with Gasteiger partial charge in [-0.3, -0.25) is 9.59 Å². The quantitative estimate of drug-likeness (QED) is 0.461. The summed E-state index contributed by atoms with van der Waals surface area (Å²) in [5.41, 5.74) is 3.14. The number of hydrogen-bond donors (Lipinski definition) is 0. The number of methoxy groups -OCH3 is 1. The first-order chi connectivity index (χ1) is 15.3. The second-order valence-corrected chi connectivity index (χ2v) is 7.46. The number of Topliss-reactive ketones (excluding diaryl/α,β-unsaturated/α-hetero) is 1. The molecule has 0 aromatic heterocycles. The molecule has 2 aromatic carbocycles. The summed E-state index contributed by atoms with van der Waals surface area (Å²) in [5.74, 6) is -0.0936. The fraction of sp³-hybridized carbons (Fsp3) is 0.320. The van der Waals surface area contributed by atoms with E-state index in [9.17, 15) is 14.4 Å². The summed E-state index contributed by atoms with van der Waals surface area (Å²) in [5, 5.41) is 0. The standard InChI is InChI=1S/C25H27NO6/c1-5-6-18-7-10-22(23(13-18)30-4)31-15-24(28)32-16(2)25(29)20-8-9-21-19(14-20)11-12-26(21)17(3)27/h5-10,13-14,16H,11-12,15H2,1-4H3/b6-5+. The van der Waals surface area contributed by atoms with Crippen LogP contribution in [0.5, 0.6) is 11.5 Å². The van der Waals surface area contributed by atoms with Crippen LogP contribution in [0.3, 0.4) is 0 Å². The zero-order chi connectivity index (χ0) is 23.3. The number of nitrogens with zero attached hydrogens (tertiary/aromatic N) is 1. The molecular formula is C25H27NO6. The van der Waals surface area contributed by atoms with Gasteiger partial charge >= 0.3 is 5.97 Å². The smallest absolute Gasteiger partial charge is 0.344 e. The topological polar surface area (TPSA) is 82.1 Å². The van der Waals surface area contributed by atoms with E-state index in [0.717, 1.165) is 16.8 Å². The molecule has 1 atom stereocenters. The van der Waals surface area contributed by atoms with Gasteiger partial charge in [0.25, 0.3) is 0 Å². The van der Waals surface area contributed by atoms with Crippen LogP contribution in [0.25, 0.3) is 6.08 Å². The Morgan fingerprint density at radius 1 is 1.12 bits per heavy atom. The number of carbonyl (C=O) groups excluding carboxylic acids is 3. The number of carbonyl (C=O) groups is 3.